The highest BCUT2D eigenvalue weighted by Crippen LogP contribution is 2.44. The Labute approximate surface area is 148 Å². The van der Waals surface area contributed by atoms with Crippen LogP contribution in [0, 0.1) is 18.3 Å². The predicted molar refractivity (Wildman–Crippen MR) is 98.2 cm³/mol. The molecule has 2 aromatic carbocycles. The van der Waals surface area contributed by atoms with Crippen molar-refractivity contribution in [2.75, 3.05) is 6.61 Å². The number of nitrogens with one attached hydrogen (secondary N) is 1. The second-order valence-electron chi connectivity index (χ2n) is 6.84. The molecule has 0 saturated heterocycles. The van der Waals surface area contributed by atoms with Gasteiger partial charge in [-0.15, -0.1) is 12.3 Å². The first-order valence-electron chi connectivity index (χ1n) is 8.84. The van der Waals surface area contributed by atoms with Gasteiger partial charge in [0.1, 0.15) is 6.61 Å². The highest BCUT2D eigenvalue weighted by molar-refractivity contribution is 5.79. The van der Waals surface area contributed by atoms with Crippen molar-refractivity contribution in [1.29, 1.82) is 0 Å². The monoisotopic (exact) mass is 331 g/mol. The standard InChI is InChI=1S/C22H21NO2/c1-2-15-11-12-16(13-15)23-22(24)25-14-21-19-9-5-3-7-17(19)18-8-4-6-10-20(18)21/h1,3-10,15-16,21H,11-14H2,(H,23,24)/t15-,16+/m0/s1. The summed E-state index contributed by atoms with van der Waals surface area (Å²) in [4.78, 5) is 12.2. The van der Waals surface area contributed by atoms with E-state index in [9.17, 15) is 4.79 Å². The Morgan fingerprint density at radius 1 is 1.08 bits per heavy atom. The Kier molecular flexibility index (Phi) is 4.19. The van der Waals surface area contributed by atoms with Gasteiger partial charge in [-0.2, -0.15) is 0 Å². The maximum atomic E-state index is 12.2. The molecule has 0 aliphatic heterocycles. The van der Waals surface area contributed by atoms with E-state index in [0.717, 1.165) is 19.3 Å². The van der Waals surface area contributed by atoms with E-state index in [-0.39, 0.29) is 24.0 Å². The third-order valence-electron chi connectivity index (χ3n) is 5.33. The van der Waals surface area contributed by atoms with Crippen LogP contribution in [-0.4, -0.2) is 18.7 Å². The number of hydrogen-bond donors (Lipinski definition) is 1. The first-order valence-corrected chi connectivity index (χ1v) is 8.84. The van der Waals surface area contributed by atoms with E-state index in [1.54, 1.807) is 0 Å². The molecule has 1 fully saturated rings. The smallest absolute Gasteiger partial charge is 0.407 e. The van der Waals surface area contributed by atoms with Crippen molar-refractivity contribution in [2.45, 2.75) is 31.2 Å². The quantitative estimate of drug-likeness (QED) is 0.850. The molecule has 0 aromatic heterocycles. The number of rotatable bonds is 3. The topological polar surface area (TPSA) is 38.3 Å². The van der Waals surface area contributed by atoms with Crippen molar-refractivity contribution in [1.82, 2.24) is 5.32 Å². The van der Waals surface area contributed by atoms with E-state index in [0.29, 0.717) is 6.61 Å². The summed E-state index contributed by atoms with van der Waals surface area (Å²) in [5, 5.41) is 2.96. The zero-order chi connectivity index (χ0) is 17.2. The van der Waals surface area contributed by atoms with Gasteiger partial charge in [0.25, 0.3) is 0 Å². The molecule has 2 atom stereocenters. The molecule has 1 N–H and O–H groups in total. The molecule has 2 aliphatic carbocycles. The Hall–Kier alpha value is -2.73. The molecule has 0 spiro atoms. The fraction of sp³-hybridized carbons (Fsp3) is 0.318. The summed E-state index contributed by atoms with van der Waals surface area (Å²) in [6.07, 6.45) is 7.88. The lowest BCUT2D eigenvalue weighted by molar-refractivity contribution is 0.139. The lowest BCUT2D eigenvalue weighted by Gasteiger charge is -2.16. The van der Waals surface area contributed by atoms with Crippen LogP contribution >= 0.6 is 0 Å². The van der Waals surface area contributed by atoms with Crippen molar-refractivity contribution in [3.8, 4) is 23.5 Å². The van der Waals surface area contributed by atoms with Gasteiger partial charge in [0.2, 0.25) is 0 Å². The number of ether oxygens (including phenoxy) is 1. The second kappa shape index (κ2) is 6.64. The molecule has 4 rings (SSSR count). The summed E-state index contributed by atoms with van der Waals surface area (Å²) in [5.74, 6) is 3.15. The Morgan fingerprint density at radius 3 is 2.32 bits per heavy atom. The second-order valence-corrected chi connectivity index (χ2v) is 6.84. The van der Waals surface area contributed by atoms with Gasteiger partial charge in [-0.3, -0.25) is 0 Å². The van der Waals surface area contributed by atoms with E-state index in [1.807, 2.05) is 24.3 Å². The Morgan fingerprint density at radius 2 is 1.72 bits per heavy atom. The normalized spacial score (nSPS) is 21.2. The molecule has 126 valence electrons. The number of hydrogen-bond acceptors (Lipinski definition) is 2. The van der Waals surface area contributed by atoms with Crippen LogP contribution in [0.25, 0.3) is 11.1 Å². The molecule has 0 bridgehead atoms. The van der Waals surface area contributed by atoms with Crippen LogP contribution in [0.5, 0.6) is 0 Å². The maximum absolute atomic E-state index is 12.2. The molecule has 3 heteroatoms. The predicted octanol–water partition coefficient (Wildman–Crippen LogP) is 4.33. The van der Waals surface area contributed by atoms with Gasteiger partial charge in [-0.1, -0.05) is 48.5 Å². The minimum absolute atomic E-state index is 0.0974. The Bertz CT molecular complexity index is 790. The highest BCUT2D eigenvalue weighted by atomic mass is 16.5. The van der Waals surface area contributed by atoms with Crippen molar-refractivity contribution < 1.29 is 9.53 Å². The highest BCUT2D eigenvalue weighted by Gasteiger charge is 2.30. The fourth-order valence-corrected chi connectivity index (χ4v) is 4.07. The summed E-state index contributed by atoms with van der Waals surface area (Å²) in [6.45, 7) is 0.352. The van der Waals surface area contributed by atoms with Crippen LogP contribution < -0.4 is 5.32 Å². The molecule has 2 aromatic rings. The molecular formula is C22H21NO2. The van der Waals surface area contributed by atoms with Gasteiger partial charge >= 0.3 is 6.09 Å². The van der Waals surface area contributed by atoms with Crippen molar-refractivity contribution in [2.24, 2.45) is 5.92 Å². The van der Waals surface area contributed by atoms with Gasteiger partial charge in [0.15, 0.2) is 0 Å². The number of amides is 1. The third-order valence-corrected chi connectivity index (χ3v) is 5.33. The average molecular weight is 331 g/mol. The number of alkyl carbamates (subject to hydrolysis) is 1. The molecule has 2 aliphatic rings. The fourth-order valence-electron chi connectivity index (χ4n) is 4.07. The van der Waals surface area contributed by atoms with Crippen LogP contribution in [-0.2, 0) is 4.74 Å². The number of fused-ring (bicyclic) bond motifs is 3. The third kappa shape index (κ3) is 3.00. The minimum Gasteiger partial charge on any atom is -0.449 e. The zero-order valence-corrected chi connectivity index (χ0v) is 14.1. The van der Waals surface area contributed by atoms with Crippen LogP contribution in [0.2, 0.25) is 0 Å². The molecule has 1 saturated carbocycles. The first kappa shape index (κ1) is 15.8. The number of carbonyl (C=O) groups is 1. The van der Waals surface area contributed by atoms with Crippen LogP contribution in [0.3, 0.4) is 0 Å². The van der Waals surface area contributed by atoms with Crippen LogP contribution in [0.15, 0.2) is 48.5 Å². The summed E-state index contributed by atoms with van der Waals surface area (Å²) >= 11 is 0. The average Bonchev–Trinajstić information content (AvgIpc) is 3.22. The van der Waals surface area contributed by atoms with Crippen molar-refractivity contribution in [3.63, 3.8) is 0 Å². The molecule has 0 radical (unpaired) electrons. The summed E-state index contributed by atoms with van der Waals surface area (Å²) in [7, 11) is 0. The van der Waals surface area contributed by atoms with E-state index in [2.05, 4.69) is 35.5 Å². The Balaban J connectivity index is 1.43. The first-order chi connectivity index (χ1) is 12.3. The van der Waals surface area contributed by atoms with Crippen LogP contribution in [0.1, 0.15) is 36.3 Å². The molecule has 0 unspecified atom stereocenters. The molecule has 25 heavy (non-hydrogen) atoms. The van der Waals surface area contributed by atoms with E-state index in [4.69, 9.17) is 11.2 Å². The number of carbonyl (C=O) groups excluding carboxylic acids is 1. The summed E-state index contributed by atoms with van der Waals surface area (Å²) < 4.78 is 5.57. The molecule has 3 nitrogen and oxygen atoms in total. The zero-order valence-electron chi connectivity index (χ0n) is 14.1. The molecular weight excluding hydrogens is 310 g/mol. The van der Waals surface area contributed by atoms with Gasteiger partial charge in [-0.05, 0) is 41.5 Å². The molecule has 1 amide bonds. The maximum Gasteiger partial charge on any atom is 0.407 e. The number of terminal acetylenes is 1. The SMILES string of the molecule is C#C[C@H]1CC[C@@H](NC(=O)OCC2c3ccccc3-c3ccccc32)C1. The van der Waals surface area contributed by atoms with E-state index < -0.39 is 0 Å². The number of benzene rings is 2. The van der Waals surface area contributed by atoms with Crippen LogP contribution in [0.4, 0.5) is 4.79 Å². The van der Waals surface area contributed by atoms with Gasteiger partial charge in [0, 0.05) is 17.9 Å². The largest absolute Gasteiger partial charge is 0.449 e. The van der Waals surface area contributed by atoms with E-state index in [1.165, 1.54) is 22.3 Å². The van der Waals surface area contributed by atoms with Crippen molar-refractivity contribution in [3.05, 3.63) is 59.7 Å². The minimum atomic E-state index is -0.343. The summed E-state index contributed by atoms with van der Waals surface area (Å²) in [5.41, 5.74) is 4.93. The summed E-state index contributed by atoms with van der Waals surface area (Å²) in [6, 6.07) is 16.8. The van der Waals surface area contributed by atoms with Gasteiger partial charge in [-0.25, -0.2) is 4.79 Å². The van der Waals surface area contributed by atoms with Crippen molar-refractivity contribution >= 4 is 6.09 Å². The van der Waals surface area contributed by atoms with Gasteiger partial charge < -0.3 is 10.1 Å². The lowest BCUT2D eigenvalue weighted by atomic mass is 9.98. The molecule has 0 heterocycles. The lowest BCUT2D eigenvalue weighted by Crippen LogP contribution is -2.34. The van der Waals surface area contributed by atoms with E-state index >= 15 is 0 Å². The van der Waals surface area contributed by atoms with Gasteiger partial charge in [0.05, 0.1) is 0 Å².